The van der Waals surface area contributed by atoms with E-state index in [9.17, 15) is 8.42 Å². The van der Waals surface area contributed by atoms with Crippen LogP contribution in [0.15, 0.2) is 4.90 Å². The molecule has 0 radical (unpaired) electrons. The second-order valence-electron chi connectivity index (χ2n) is 4.50. The minimum absolute atomic E-state index is 0.0508. The van der Waals surface area contributed by atoms with Gasteiger partial charge in [0.15, 0.2) is 0 Å². The maximum absolute atomic E-state index is 12.4. The van der Waals surface area contributed by atoms with Crippen molar-refractivity contribution in [2.45, 2.75) is 37.7 Å². The third kappa shape index (κ3) is 3.92. The van der Waals surface area contributed by atoms with Crippen LogP contribution in [0.4, 0.5) is 0 Å². The smallest absolute Gasteiger partial charge is 0.246 e. The predicted molar refractivity (Wildman–Crippen MR) is 73.8 cm³/mol. The van der Waals surface area contributed by atoms with E-state index in [-0.39, 0.29) is 23.4 Å². The number of H-pyrrole nitrogens is 1. The summed E-state index contributed by atoms with van der Waals surface area (Å²) in [6.45, 7) is 6.10. The lowest BCUT2D eigenvalue weighted by Crippen LogP contribution is -2.31. The van der Waals surface area contributed by atoms with Gasteiger partial charge < -0.3 is 4.74 Å². The van der Waals surface area contributed by atoms with Crippen LogP contribution in [-0.2, 0) is 20.6 Å². The molecular formula is C11H20ClN3O3S. The topological polar surface area (TPSA) is 75.3 Å². The minimum atomic E-state index is -3.59. The lowest BCUT2D eigenvalue weighted by atomic mass is 10.4. The molecule has 0 aliphatic rings. The standard InChI is InChI=1S/C11H20ClN3O3S/c1-8(2)18-6-5-15(4)19(16,17)11-9(3)13-14-10(11)7-12/h8H,5-7H2,1-4H3,(H,13,14). The lowest BCUT2D eigenvalue weighted by molar-refractivity contribution is 0.0737. The van der Waals surface area contributed by atoms with Crippen molar-refractivity contribution in [1.29, 1.82) is 0 Å². The van der Waals surface area contributed by atoms with Gasteiger partial charge in [0.2, 0.25) is 10.0 Å². The number of nitrogens with zero attached hydrogens (tertiary/aromatic N) is 2. The average Bonchev–Trinajstić information content (AvgIpc) is 2.70. The third-order valence-corrected chi connectivity index (χ3v) is 4.93. The van der Waals surface area contributed by atoms with Crippen LogP contribution in [0, 0.1) is 6.92 Å². The van der Waals surface area contributed by atoms with Crippen molar-refractivity contribution in [3.8, 4) is 0 Å². The van der Waals surface area contributed by atoms with E-state index in [1.807, 2.05) is 13.8 Å². The summed E-state index contributed by atoms with van der Waals surface area (Å²) in [5, 5.41) is 6.55. The number of ether oxygens (including phenoxy) is 1. The Balaban J connectivity index is 2.87. The second-order valence-corrected chi connectivity index (χ2v) is 6.75. The number of hydrogen-bond acceptors (Lipinski definition) is 4. The van der Waals surface area contributed by atoms with Gasteiger partial charge in [0.1, 0.15) is 4.90 Å². The van der Waals surface area contributed by atoms with Crippen molar-refractivity contribution < 1.29 is 13.2 Å². The largest absolute Gasteiger partial charge is 0.377 e. The average molecular weight is 310 g/mol. The fourth-order valence-corrected chi connectivity index (χ4v) is 3.34. The molecule has 0 fully saturated rings. The molecule has 0 atom stereocenters. The molecule has 1 aromatic rings. The van der Waals surface area contributed by atoms with Crippen LogP contribution in [-0.4, -0.2) is 49.2 Å². The Morgan fingerprint density at radius 3 is 2.63 bits per heavy atom. The van der Waals surface area contributed by atoms with E-state index in [0.29, 0.717) is 18.0 Å². The summed E-state index contributed by atoms with van der Waals surface area (Å²) in [5.41, 5.74) is 0.836. The van der Waals surface area contributed by atoms with Gasteiger partial charge in [-0.25, -0.2) is 8.42 Å². The van der Waals surface area contributed by atoms with Gasteiger partial charge in [-0.05, 0) is 20.8 Å². The first-order valence-electron chi connectivity index (χ1n) is 5.98. The van der Waals surface area contributed by atoms with E-state index in [2.05, 4.69) is 10.2 Å². The van der Waals surface area contributed by atoms with E-state index >= 15 is 0 Å². The van der Waals surface area contributed by atoms with Crippen LogP contribution in [0.3, 0.4) is 0 Å². The van der Waals surface area contributed by atoms with Crippen LogP contribution in [0.2, 0.25) is 0 Å². The zero-order valence-corrected chi connectivity index (χ0v) is 13.2. The van der Waals surface area contributed by atoms with Gasteiger partial charge in [-0.1, -0.05) is 0 Å². The molecule has 6 nitrogen and oxygen atoms in total. The van der Waals surface area contributed by atoms with Gasteiger partial charge in [0.25, 0.3) is 0 Å². The summed E-state index contributed by atoms with van der Waals surface area (Å²) in [4.78, 5) is 0.162. The highest BCUT2D eigenvalue weighted by atomic mass is 35.5. The third-order valence-electron chi connectivity index (χ3n) is 2.61. The number of sulfonamides is 1. The quantitative estimate of drug-likeness (QED) is 0.775. The molecule has 0 unspecified atom stereocenters. The van der Waals surface area contributed by atoms with E-state index in [1.165, 1.54) is 11.4 Å². The number of alkyl halides is 1. The van der Waals surface area contributed by atoms with Gasteiger partial charge in [-0.2, -0.15) is 9.40 Å². The monoisotopic (exact) mass is 309 g/mol. The molecule has 0 saturated carbocycles. The van der Waals surface area contributed by atoms with Crippen molar-refractivity contribution in [2.75, 3.05) is 20.2 Å². The molecule has 0 aromatic carbocycles. The van der Waals surface area contributed by atoms with Crippen LogP contribution < -0.4 is 0 Å². The Morgan fingerprint density at radius 2 is 2.11 bits per heavy atom. The van der Waals surface area contributed by atoms with Crippen LogP contribution in [0.1, 0.15) is 25.2 Å². The van der Waals surface area contributed by atoms with E-state index in [4.69, 9.17) is 16.3 Å². The number of rotatable bonds is 7. The van der Waals surface area contributed by atoms with Crippen molar-refractivity contribution in [3.63, 3.8) is 0 Å². The second kappa shape index (κ2) is 6.69. The number of aromatic amines is 1. The first kappa shape index (κ1) is 16.4. The summed E-state index contributed by atoms with van der Waals surface area (Å²) < 4.78 is 31.5. The predicted octanol–water partition coefficient (Wildman–Crippen LogP) is 1.50. The molecule has 8 heteroatoms. The highest BCUT2D eigenvalue weighted by Gasteiger charge is 2.27. The van der Waals surface area contributed by atoms with E-state index in [0.717, 1.165) is 0 Å². The normalized spacial score (nSPS) is 12.6. The molecule has 0 bridgehead atoms. The Bertz CT molecular complexity index is 513. The molecule has 19 heavy (non-hydrogen) atoms. The molecule has 1 aromatic heterocycles. The van der Waals surface area contributed by atoms with E-state index < -0.39 is 10.0 Å². The number of hydrogen-bond donors (Lipinski definition) is 1. The first-order valence-corrected chi connectivity index (χ1v) is 7.96. The first-order chi connectivity index (χ1) is 8.80. The number of aromatic nitrogens is 2. The van der Waals surface area contributed by atoms with Crippen molar-refractivity contribution in [3.05, 3.63) is 11.4 Å². The Kier molecular flexibility index (Phi) is 5.79. The van der Waals surface area contributed by atoms with Crippen LogP contribution in [0.5, 0.6) is 0 Å². The summed E-state index contributed by atoms with van der Waals surface area (Å²) in [7, 11) is -2.07. The molecule has 0 aliphatic carbocycles. The van der Waals surface area contributed by atoms with Crippen LogP contribution >= 0.6 is 11.6 Å². The number of nitrogens with one attached hydrogen (secondary N) is 1. The Hall–Kier alpha value is -0.630. The molecular weight excluding hydrogens is 290 g/mol. The number of likely N-dealkylation sites (N-methyl/N-ethyl adjacent to an activating group) is 1. The summed E-state index contributed by atoms with van der Waals surface area (Å²) >= 11 is 5.71. The maximum Gasteiger partial charge on any atom is 0.246 e. The molecule has 1 heterocycles. The number of halogens is 1. The molecule has 0 spiro atoms. The van der Waals surface area contributed by atoms with Crippen molar-refractivity contribution in [1.82, 2.24) is 14.5 Å². The maximum atomic E-state index is 12.4. The van der Waals surface area contributed by atoms with E-state index in [1.54, 1.807) is 6.92 Å². The highest BCUT2D eigenvalue weighted by molar-refractivity contribution is 7.89. The zero-order chi connectivity index (χ0) is 14.6. The summed E-state index contributed by atoms with van der Waals surface area (Å²) in [5.74, 6) is 0.0508. The summed E-state index contributed by atoms with van der Waals surface area (Å²) in [6, 6.07) is 0. The van der Waals surface area contributed by atoms with Gasteiger partial charge in [0.05, 0.1) is 30.0 Å². The molecule has 1 rings (SSSR count). The van der Waals surface area contributed by atoms with Gasteiger partial charge in [-0.15, -0.1) is 11.6 Å². The SMILES string of the molecule is Cc1[nH]nc(CCl)c1S(=O)(=O)N(C)CCOC(C)C. The fraction of sp³-hybridized carbons (Fsp3) is 0.727. The molecule has 1 N–H and O–H groups in total. The van der Waals surface area contributed by atoms with Gasteiger partial charge in [0, 0.05) is 13.6 Å². The van der Waals surface area contributed by atoms with Gasteiger partial charge in [-0.3, -0.25) is 5.10 Å². The van der Waals surface area contributed by atoms with Crippen molar-refractivity contribution in [2.24, 2.45) is 0 Å². The minimum Gasteiger partial charge on any atom is -0.377 e. The number of aryl methyl sites for hydroxylation is 1. The molecule has 0 aliphatic heterocycles. The molecule has 0 amide bonds. The fourth-order valence-electron chi connectivity index (χ4n) is 1.60. The zero-order valence-electron chi connectivity index (χ0n) is 11.6. The molecule has 0 saturated heterocycles. The Morgan fingerprint density at radius 1 is 1.47 bits per heavy atom. The Labute approximate surface area is 119 Å². The van der Waals surface area contributed by atoms with Gasteiger partial charge >= 0.3 is 0 Å². The molecule has 110 valence electrons. The lowest BCUT2D eigenvalue weighted by Gasteiger charge is -2.18. The van der Waals surface area contributed by atoms with Crippen molar-refractivity contribution >= 4 is 21.6 Å². The highest BCUT2D eigenvalue weighted by Crippen LogP contribution is 2.22. The van der Waals surface area contributed by atoms with Crippen LogP contribution in [0.25, 0.3) is 0 Å². The summed E-state index contributed by atoms with van der Waals surface area (Å²) in [6.07, 6.45) is 0.0742.